The molecule has 0 radical (unpaired) electrons. The lowest BCUT2D eigenvalue weighted by atomic mass is 10.3. The Morgan fingerprint density at radius 3 is 2.58 bits per heavy atom. The van der Waals surface area contributed by atoms with Gasteiger partial charge in [-0.2, -0.15) is 5.10 Å². The second kappa shape index (κ2) is 4.97. The van der Waals surface area contributed by atoms with Crippen molar-refractivity contribution in [1.82, 2.24) is 9.78 Å². The Labute approximate surface area is 110 Å². The third-order valence-electron chi connectivity index (χ3n) is 2.75. The van der Waals surface area contributed by atoms with E-state index in [2.05, 4.69) is 10.4 Å². The number of anilines is 3. The normalized spacial score (nSPS) is 10.4. The van der Waals surface area contributed by atoms with Gasteiger partial charge in [0.1, 0.15) is 5.69 Å². The first kappa shape index (κ1) is 12.9. The zero-order chi connectivity index (χ0) is 14.0. The molecule has 2 rings (SSSR count). The highest BCUT2D eigenvalue weighted by atomic mass is 16.6. The van der Waals surface area contributed by atoms with Crippen LogP contribution in [0.4, 0.5) is 22.9 Å². The monoisotopic (exact) mass is 261 g/mol. The van der Waals surface area contributed by atoms with Gasteiger partial charge in [-0.25, -0.2) is 4.68 Å². The lowest BCUT2D eigenvalue weighted by molar-refractivity contribution is -0.384. The van der Waals surface area contributed by atoms with Crippen LogP contribution < -0.4 is 11.1 Å². The highest BCUT2D eigenvalue weighted by molar-refractivity contribution is 5.68. The number of aromatic nitrogens is 2. The van der Waals surface area contributed by atoms with Crippen LogP contribution >= 0.6 is 0 Å². The molecule has 3 N–H and O–H groups in total. The van der Waals surface area contributed by atoms with E-state index in [1.165, 1.54) is 0 Å². The maximum atomic E-state index is 11.1. The van der Waals surface area contributed by atoms with Crippen LogP contribution in [0.5, 0.6) is 0 Å². The minimum absolute atomic E-state index is 0.00123. The van der Waals surface area contributed by atoms with Gasteiger partial charge in [-0.05, 0) is 38.1 Å². The third kappa shape index (κ3) is 2.49. The lowest BCUT2D eigenvalue weighted by Gasteiger charge is -2.07. The van der Waals surface area contributed by atoms with Gasteiger partial charge >= 0.3 is 5.69 Å². The van der Waals surface area contributed by atoms with Crippen LogP contribution in [-0.2, 0) is 6.54 Å². The Balaban J connectivity index is 2.43. The van der Waals surface area contributed by atoms with E-state index in [1.54, 1.807) is 35.9 Å². The molecule has 0 saturated carbocycles. The Kier molecular flexibility index (Phi) is 3.37. The summed E-state index contributed by atoms with van der Waals surface area (Å²) in [7, 11) is 0. The largest absolute Gasteiger partial charge is 0.399 e. The smallest absolute Gasteiger partial charge is 0.334 e. The molecule has 19 heavy (non-hydrogen) atoms. The van der Waals surface area contributed by atoms with Gasteiger partial charge in [-0.3, -0.25) is 10.1 Å². The van der Waals surface area contributed by atoms with Gasteiger partial charge in [0, 0.05) is 17.9 Å². The van der Waals surface area contributed by atoms with Crippen LogP contribution in [0.3, 0.4) is 0 Å². The van der Waals surface area contributed by atoms with Crippen LogP contribution in [0.15, 0.2) is 24.3 Å². The van der Waals surface area contributed by atoms with E-state index in [4.69, 9.17) is 5.73 Å². The van der Waals surface area contributed by atoms with Crippen molar-refractivity contribution in [3.8, 4) is 0 Å². The van der Waals surface area contributed by atoms with E-state index in [0.29, 0.717) is 23.7 Å². The van der Waals surface area contributed by atoms with Crippen LogP contribution in [0.1, 0.15) is 12.6 Å². The van der Waals surface area contributed by atoms with Gasteiger partial charge in [0.2, 0.25) is 5.82 Å². The fourth-order valence-corrected chi connectivity index (χ4v) is 1.85. The van der Waals surface area contributed by atoms with Gasteiger partial charge in [-0.15, -0.1) is 0 Å². The maximum absolute atomic E-state index is 11.1. The predicted molar refractivity (Wildman–Crippen MR) is 73.4 cm³/mol. The lowest BCUT2D eigenvalue weighted by Crippen LogP contribution is -2.04. The second-order valence-corrected chi connectivity index (χ2v) is 4.10. The number of nitrogens with one attached hydrogen (secondary N) is 1. The molecule has 0 aliphatic carbocycles. The molecule has 0 aliphatic rings. The SMILES string of the molecule is CCn1nc(C)c([N+](=O)[O-])c1Nc1ccc(N)cc1. The van der Waals surface area contributed by atoms with Crippen LogP contribution in [0.25, 0.3) is 0 Å². The highest BCUT2D eigenvalue weighted by Gasteiger charge is 2.24. The predicted octanol–water partition coefficient (Wildman–Crippen LogP) is 2.45. The fraction of sp³-hybridized carbons (Fsp3) is 0.250. The highest BCUT2D eigenvalue weighted by Crippen LogP contribution is 2.30. The number of nitrogen functional groups attached to an aromatic ring is 1. The molecule has 0 bridgehead atoms. The Morgan fingerprint density at radius 1 is 1.42 bits per heavy atom. The molecule has 0 fully saturated rings. The summed E-state index contributed by atoms with van der Waals surface area (Å²) in [5.41, 5.74) is 7.36. The molecular formula is C12H15N5O2. The summed E-state index contributed by atoms with van der Waals surface area (Å²) in [6.45, 7) is 4.05. The molecule has 0 saturated heterocycles. The van der Waals surface area contributed by atoms with Gasteiger partial charge in [0.15, 0.2) is 0 Å². The van der Waals surface area contributed by atoms with Crippen molar-refractivity contribution in [2.45, 2.75) is 20.4 Å². The summed E-state index contributed by atoms with van der Waals surface area (Å²) in [5, 5.41) is 18.3. The van der Waals surface area contributed by atoms with E-state index < -0.39 is 4.92 Å². The Bertz CT molecular complexity index is 603. The topological polar surface area (TPSA) is 99.0 Å². The molecule has 1 heterocycles. The number of nitro groups is 1. The Hall–Kier alpha value is -2.57. The summed E-state index contributed by atoms with van der Waals surface area (Å²) >= 11 is 0. The van der Waals surface area contributed by atoms with E-state index in [1.807, 2.05) is 6.92 Å². The maximum Gasteiger partial charge on any atom is 0.334 e. The molecule has 0 amide bonds. The molecule has 2 aromatic rings. The summed E-state index contributed by atoms with van der Waals surface area (Å²) in [6, 6.07) is 6.99. The minimum atomic E-state index is -0.422. The molecule has 0 aliphatic heterocycles. The van der Waals surface area contributed by atoms with E-state index in [0.717, 1.165) is 5.69 Å². The molecule has 7 heteroatoms. The first-order valence-electron chi connectivity index (χ1n) is 5.87. The van der Waals surface area contributed by atoms with Crippen molar-refractivity contribution in [2.75, 3.05) is 11.1 Å². The van der Waals surface area contributed by atoms with Crippen molar-refractivity contribution >= 4 is 22.9 Å². The average molecular weight is 261 g/mol. The first-order valence-corrected chi connectivity index (χ1v) is 5.87. The molecule has 1 aromatic heterocycles. The number of nitrogens with two attached hydrogens (primary N) is 1. The molecule has 0 atom stereocenters. The van der Waals surface area contributed by atoms with Gasteiger partial charge in [0.25, 0.3) is 0 Å². The van der Waals surface area contributed by atoms with E-state index >= 15 is 0 Å². The minimum Gasteiger partial charge on any atom is -0.399 e. The van der Waals surface area contributed by atoms with E-state index in [9.17, 15) is 10.1 Å². The number of benzene rings is 1. The molecule has 7 nitrogen and oxygen atoms in total. The summed E-state index contributed by atoms with van der Waals surface area (Å²) < 4.78 is 1.57. The van der Waals surface area contributed by atoms with Crippen molar-refractivity contribution in [1.29, 1.82) is 0 Å². The van der Waals surface area contributed by atoms with Crippen LogP contribution in [0, 0.1) is 17.0 Å². The zero-order valence-electron chi connectivity index (χ0n) is 10.8. The van der Waals surface area contributed by atoms with Gasteiger partial charge in [0.05, 0.1) is 4.92 Å². The first-order chi connectivity index (χ1) is 9.02. The van der Waals surface area contributed by atoms with Gasteiger partial charge < -0.3 is 11.1 Å². The van der Waals surface area contributed by atoms with Crippen molar-refractivity contribution in [3.05, 3.63) is 40.1 Å². The number of nitrogens with zero attached hydrogens (tertiary/aromatic N) is 3. The molecule has 1 aromatic carbocycles. The van der Waals surface area contributed by atoms with Crippen molar-refractivity contribution < 1.29 is 4.92 Å². The summed E-state index contributed by atoms with van der Waals surface area (Å²) in [5.74, 6) is 0.384. The second-order valence-electron chi connectivity index (χ2n) is 4.10. The summed E-state index contributed by atoms with van der Waals surface area (Å²) in [4.78, 5) is 10.7. The molecule has 0 unspecified atom stereocenters. The van der Waals surface area contributed by atoms with Crippen molar-refractivity contribution in [2.24, 2.45) is 0 Å². The quantitative estimate of drug-likeness (QED) is 0.500. The van der Waals surface area contributed by atoms with Gasteiger partial charge in [-0.1, -0.05) is 0 Å². The van der Waals surface area contributed by atoms with E-state index in [-0.39, 0.29) is 5.69 Å². The zero-order valence-corrected chi connectivity index (χ0v) is 10.8. The molecule has 100 valence electrons. The number of rotatable bonds is 4. The Morgan fingerprint density at radius 2 is 2.05 bits per heavy atom. The van der Waals surface area contributed by atoms with Crippen LogP contribution in [-0.4, -0.2) is 14.7 Å². The molecule has 0 spiro atoms. The number of hydrogen-bond acceptors (Lipinski definition) is 5. The third-order valence-corrected chi connectivity index (χ3v) is 2.75. The molecular weight excluding hydrogens is 246 g/mol. The number of aryl methyl sites for hydroxylation is 2. The van der Waals surface area contributed by atoms with Crippen LogP contribution in [0.2, 0.25) is 0 Å². The standard InChI is InChI=1S/C12H15N5O2/c1-3-16-12(11(17(18)19)8(2)15-16)14-10-6-4-9(13)5-7-10/h4-7,14H,3,13H2,1-2H3. The number of hydrogen-bond donors (Lipinski definition) is 2. The average Bonchev–Trinajstić information content (AvgIpc) is 2.68. The fourth-order valence-electron chi connectivity index (χ4n) is 1.85. The summed E-state index contributed by atoms with van der Waals surface area (Å²) in [6.07, 6.45) is 0. The van der Waals surface area contributed by atoms with Crippen molar-refractivity contribution in [3.63, 3.8) is 0 Å².